The van der Waals surface area contributed by atoms with Crippen molar-refractivity contribution in [3.8, 4) is 0 Å². The largest absolute Gasteiger partial charge is 0.490 e. The Hall–Kier alpha value is -2.34. The lowest BCUT2D eigenvalue weighted by Crippen LogP contribution is -2.41. The number of aromatic nitrogens is 2. The zero-order chi connectivity index (χ0) is 22.6. The van der Waals surface area contributed by atoms with Crippen molar-refractivity contribution >= 4 is 12.0 Å². The summed E-state index contributed by atoms with van der Waals surface area (Å²) in [6, 6.07) is 0.211. The van der Waals surface area contributed by atoms with Gasteiger partial charge in [-0.15, -0.1) is 0 Å². The Morgan fingerprint density at radius 3 is 2.42 bits per heavy atom. The van der Waals surface area contributed by atoms with E-state index in [0.29, 0.717) is 5.92 Å². The van der Waals surface area contributed by atoms with E-state index in [1.54, 1.807) is 0 Å². The SMILES string of the molecule is Cn1cc(CN2CCO[C@@H]3CN(C(=O)N4CCCC4)C[C@@H]3C2)cn1.O=C(O)C(F)(F)F. The van der Waals surface area contributed by atoms with E-state index in [2.05, 4.69) is 16.2 Å². The van der Waals surface area contributed by atoms with Crippen LogP contribution in [0, 0.1) is 5.92 Å². The van der Waals surface area contributed by atoms with E-state index in [-0.39, 0.29) is 12.1 Å². The number of alkyl halides is 3. The van der Waals surface area contributed by atoms with Crippen LogP contribution in [-0.4, -0.2) is 99.7 Å². The summed E-state index contributed by atoms with van der Waals surface area (Å²) in [6.07, 6.45) is 1.39. The van der Waals surface area contributed by atoms with Gasteiger partial charge in [0, 0.05) is 70.5 Å². The smallest absolute Gasteiger partial charge is 0.475 e. The minimum Gasteiger partial charge on any atom is -0.475 e. The molecule has 174 valence electrons. The van der Waals surface area contributed by atoms with Crippen LogP contribution in [0.15, 0.2) is 12.4 Å². The van der Waals surface area contributed by atoms with E-state index in [1.807, 2.05) is 27.7 Å². The van der Waals surface area contributed by atoms with Crippen molar-refractivity contribution in [1.29, 1.82) is 0 Å². The summed E-state index contributed by atoms with van der Waals surface area (Å²) in [4.78, 5) is 28.0. The molecule has 0 unspecified atom stereocenters. The van der Waals surface area contributed by atoms with Crippen LogP contribution in [0.4, 0.5) is 18.0 Å². The number of fused-ring (bicyclic) bond motifs is 1. The number of rotatable bonds is 2. The molecule has 12 heteroatoms. The first-order chi connectivity index (χ1) is 14.6. The molecule has 1 N–H and O–H groups in total. The summed E-state index contributed by atoms with van der Waals surface area (Å²) in [5.41, 5.74) is 1.24. The zero-order valence-electron chi connectivity index (χ0n) is 17.4. The van der Waals surface area contributed by atoms with E-state index in [9.17, 15) is 18.0 Å². The summed E-state index contributed by atoms with van der Waals surface area (Å²) in [5, 5.41) is 11.4. The third-order valence-corrected chi connectivity index (χ3v) is 5.67. The maximum Gasteiger partial charge on any atom is 0.490 e. The van der Waals surface area contributed by atoms with Gasteiger partial charge in [-0.1, -0.05) is 0 Å². The average molecular weight is 447 g/mol. The molecule has 0 spiro atoms. The molecule has 0 saturated carbocycles. The van der Waals surface area contributed by atoms with Crippen LogP contribution >= 0.6 is 0 Å². The minimum atomic E-state index is -5.08. The second kappa shape index (κ2) is 9.86. The van der Waals surface area contributed by atoms with Crippen LogP contribution in [0.3, 0.4) is 0 Å². The molecule has 0 aromatic carbocycles. The highest BCUT2D eigenvalue weighted by Crippen LogP contribution is 2.26. The van der Waals surface area contributed by atoms with E-state index >= 15 is 0 Å². The van der Waals surface area contributed by atoms with Gasteiger partial charge in [0.2, 0.25) is 0 Å². The Bertz CT molecular complexity index is 766. The normalized spacial score (nSPS) is 24.4. The highest BCUT2D eigenvalue weighted by molar-refractivity contribution is 5.75. The minimum absolute atomic E-state index is 0.190. The van der Waals surface area contributed by atoms with Crippen molar-refractivity contribution < 1.29 is 32.6 Å². The van der Waals surface area contributed by atoms with E-state index in [4.69, 9.17) is 14.6 Å². The second-order valence-corrected chi connectivity index (χ2v) is 8.11. The molecule has 3 aliphatic heterocycles. The molecule has 3 aliphatic rings. The first kappa shape index (κ1) is 23.3. The number of carbonyl (C=O) groups is 2. The van der Waals surface area contributed by atoms with Gasteiger partial charge < -0.3 is 19.6 Å². The summed E-state index contributed by atoms with van der Waals surface area (Å²) in [5.74, 6) is -2.34. The molecule has 2 amide bonds. The first-order valence-corrected chi connectivity index (χ1v) is 10.3. The molecule has 4 rings (SSSR count). The van der Waals surface area contributed by atoms with Crippen LogP contribution in [0.5, 0.6) is 0 Å². The van der Waals surface area contributed by atoms with Crippen LogP contribution in [0.1, 0.15) is 18.4 Å². The fourth-order valence-electron chi connectivity index (χ4n) is 4.18. The second-order valence-electron chi connectivity index (χ2n) is 8.11. The number of carbonyl (C=O) groups excluding carboxylic acids is 1. The summed E-state index contributed by atoms with van der Waals surface area (Å²) >= 11 is 0. The number of carboxylic acids is 1. The molecule has 9 nitrogen and oxygen atoms in total. The lowest BCUT2D eigenvalue weighted by Gasteiger charge is -2.25. The molecular weight excluding hydrogens is 419 g/mol. The highest BCUT2D eigenvalue weighted by Gasteiger charge is 2.40. The fraction of sp³-hybridized carbons (Fsp3) is 0.737. The number of urea groups is 1. The number of aliphatic carboxylic acids is 1. The van der Waals surface area contributed by atoms with Crippen molar-refractivity contribution in [3.63, 3.8) is 0 Å². The number of likely N-dealkylation sites (tertiary alicyclic amines) is 2. The Morgan fingerprint density at radius 1 is 1.16 bits per heavy atom. The van der Waals surface area contributed by atoms with Gasteiger partial charge in [-0.05, 0) is 12.8 Å². The number of hydrogen-bond donors (Lipinski definition) is 1. The van der Waals surface area contributed by atoms with Gasteiger partial charge in [-0.25, -0.2) is 9.59 Å². The number of amides is 2. The molecule has 3 saturated heterocycles. The monoisotopic (exact) mass is 447 g/mol. The van der Waals surface area contributed by atoms with Gasteiger partial charge in [0.1, 0.15) is 0 Å². The van der Waals surface area contributed by atoms with Crippen molar-refractivity contribution in [3.05, 3.63) is 18.0 Å². The molecule has 31 heavy (non-hydrogen) atoms. The van der Waals surface area contributed by atoms with Crippen LogP contribution in [0.2, 0.25) is 0 Å². The fourth-order valence-corrected chi connectivity index (χ4v) is 4.18. The standard InChI is InChI=1S/C17H27N5O2.C2HF3O2/c1-19-9-14(8-18-19)10-20-6-7-24-16-13-22(12-15(16)11-20)17(23)21-4-2-3-5-21;3-2(4,5)1(6)7/h8-9,15-16H,2-7,10-13H2,1H3;(H,6,7)/t15-,16+;/m0./s1. The Labute approximate surface area is 178 Å². The van der Waals surface area contributed by atoms with Crippen LogP contribution in [-0.2, 0) is 23.1 Å². The summed E-state index contributed by atoms with van der Waals surface area (Å²) in [7, 11) is 1.95. The number of hydrogen-bond acceptors (Lipinski definition) is 5. The van der Waals surface area contributed by atoms with Crippen LogP contribution < -0.4 is 0 Å². The molecule has 3 fully saturated rings. The van der Waals surface area contributed by atoms with Crippen molar-refractivity contribution in [2.75, 3.05) is 45.9 Å². The number of nitrogens with zero attached hydrogens (tertiary/aromatic N) is 5. The van der Waals surface area contributed by atoms with Crippen molar-refractivity contribution in [2.24, 2.45) is 13.0 Å². The van der Waals surface area contributed by atoms with Gasteiger partial charge in [-0.2, -0.15) is 18.3 Å². The van der Waals surface area contributed by atoms with Gasteiger partial charge in [0.15, 0.2) is 0 Å². The number of carboxylic acid groups (broad SMARTS) is 1. The van der Waals surface area contributed by atoms with Gasteiger partial charge in [0.05, 0.1) is 18.9 Å². The van der Waals surface area contributed by atoms with Gasteiger partial charge >= 0.3 is 18.2 Å². The molecule has 0 radical (unpaired) electrons. The maximum absolute atomic E-state index is 12.6. The molecule has 1 aromatic heterocycles. The third kappa shape index (κ3) is 6.33. The highest BCUT2D eigenvalue weighted by atomic mass is 19.4. The molecule has 4 heterocycles. The van der Waals surface area contributed by atoms with Crippen molar-refractivity contribution in [1.82, 2.24) is 24.5 Å². The van der Waals surface area contributed by atoms with Gasteiger partial charge in [0.25, 0.3) is 0 Å². The first-order valence-electron chi connectivity index (χ1n) is 10.3. The summed E-state index contributed by atoms with van der Waals surface area (Å²) < 4.78 is 39.7. The Morgan fingerprint density at radius 2 is 1.84 bits per heavy atom. The number of aryl methyl sites for hydroxylation is 1. The van der Waals surface area contributed by atoms with Gasteiger partial charge in [-0.3, -0.25) is 9.58 Å². The lowest BCUT2D eigenvalue weighted by molar-refractivity contribution is -0.192. The number of halogens is 3. The topological polar surface area (TPSA) is 91.1 Å². The summed E-state index contributed by atoms with van der Waals surface area (Å²) in [6.45, 7) is 6.99. The Kier molecular flexibility index (Phi) is 7.42. The number of ether oxygens (including phenoxy) is 1. The van der Waals surface area contributed by atoms with Crippen LogP contribution in [0.25, 0.3) is 0 Å². The van der Waals surface area contributed by atoms with E-state index in [1.165, 1.54) is 5.56 Å². The maximum atomic E-state index is 12.6. The van der Waals surface area contributed by atoms with Crippen molar-refractivity contribution in [2.45, 2.75) is 31.7 Å². The molecule has 0 aliphatic carbocycles. The molecule has 0 bridgehead atoms. The van der Waals surface area contributed by atoms with E-state index < -0.39 is 12.1 Å². The molecule has 1 aromatic rings. The molecule has 2 atom stereocenters. The third-order valence-electron chi connectivity index (χ3n) is 5.67. The predicted molar refractivity (Wildman–Crippen MR) is 103 cm³/mol. The predicted octanol–water partition coefficient (Wildman–Crippen LogP) is 1.40. The quantitative estimate of drug-likeness (QED) is 0.737. The lowest BCUT2D eigenvalue weighted by atomic mass is 10.1. The zero-order valence-corrected chi connectivity index (χ0v) is 17.4. The molecular formula is C19H28F3N5O4. The average Bonchev–Trinajstić information content (AvgIpc) is 3.42. The Balaban J connectivity index is 0.000000339. The van der Waals surface area contributed by atoms with E-state index in [0.717, 1.165) is 65.3 Å².